The molecular formula is C20H20N2O4. The van der Waals surface area contributed by atoms with Gasteiger partial charge in [0.2, 0.25) is 0 Å². The number of amides is 1. The van der Waals surface area contributed by atoms with E-state index >= 15 is 0 Å². The monoisotopic (exact) mass is 352 g/mol. The highest BCUT2D eigenvalue weighted by Gasteiger charge is 2.09. The van der Waals surface area contributed by atoms with E-state index in [0.717, 1.165) is 10.8 Å². The number of carbonyl (C=O) groups is 1. The average Bonchev–Trinajstić information content (AvgIpc) is 2.66. The summed E-state index contributed by atoms with van der Waals surface area (Å²) in [6.07, 6.45) is 0.732. The van der Waals surface area contributed by atoms with Crippen LogP contribution in [0.2, 0.25) is 0 Å². The number of fused-ring (bicyclic) bond motifs is 1. The van der Waals surface area contributed by atoms with Crippen molar-refractivity contribution >= 4 is 16.7 Å². The molecule has 0 aliphatic carbocycles. The Morgan fingerprint density at radius 1 is 1.08 bits per heavy atom. The number of hydrogen-bond acceptors (Lipinski definition) is 4. The predicted octanol–water partition coefficient (Wildman–Crippen LogP) is 1.56. The predicted molar refractivity (Wildman–Crippen MR) is 99.2 cm³/mol. The van der Waals surface area contributed by atoms with Gasteiger partial charge in [-0.2, -0.15) is 0 Å². The van der Waals surface area contributed by atoms with Crippen LogP contribution >= 0.6 is 0 Å². The van der Waals surface area contributed by atoms with Gasteiger partial charge in [-0.05, 0) is 29.0 Å². The van der Waals surface area contributed by atoms with Crippen molar-refractivity contribution in [3.8, 4) is 5.75 Å². The molecular weight excluding hydrogens is 332 g/mol. The maximum atomic E-state index is 11.9. The van der Waals surface area contributed by atoms with Crippen molar-refractivity contribution in [2.24, 2.45) is 0 Å². The smallest absolute Gasteiger partial charge is 0.258 e. The molecule has 6 nitrogen and oxygen atoms in total. The molecule has 0 radical (unpaired) electrons. The van der Waals surface area contributed by atoms with Crippen molar-refractivity contribution in [1.29, 1.82) is 0 Å². The van der Waals surface area contributed by atoms with E-state index in [1.165, 1.54) is 10.6 Å². The Balaban J connectivity index is 1.46. The lowest BCUT2D eigenvalue weighted by Gasteiger charge is -2.14. The zero-order valence-corrected chi connectivity index (χ0v) is 14.2. The van der Waals surface area contributed by atoms with Crippen LogP contribution in [0.15, 0.2) is 71.7 Å². The van der Waals surface area contributed by atoms with E-state index in [1.807, 2.05) is 42.5 Å². The van der Waals surface area contributed by atoms with Gasteiger partial charge in [-0.15, -0.1) is 0 Å². The van der Waals surface area contributed by atoms with Crippen molar-refractivity contribution in [2.45, 2.75) is 12.6 Å². The fraction of sp³-hybridized carbons (Fsp3) is 0.200. The topological polar surface area (TPSA) is 80.6 Å². The molecule has 1 aromatic heterocycles. The van der Waals surface area contributed by atoms with E-state index in [9.17, 15) is 14.7 Å². The molecule has 26 heavy (non-hydrogen) atoms. The van der Waals surface area contributed by atoms with Crippen LogP contribution in [0.3, 0.4) is 0 Å². The largest absolute Gasteiger partial charge is 0.484 e. The number of carbonyl (C=O) groups excluding carboxylic acids is 1. The average molecular weight is 352 g/mol. The molecule has 0 fully saturated rings. The number of benzene rings is 2. The van der Waals surface area contributed by atoms with Gasteiger partial charge in [0.15, 0.2) is 6.61 Å². The minimum Gasteiger partial charge on any atom is -0.484 e. The third-order valence-electron chi connectivity index (χ3n) is 3.93. The SMILES string of the molecule is O=C(COc1ccc2ccccc2c1)NCC(O)Cn1ccccc1=O. The molecule has 6 heteroatoms. The van der Waals surface area contributed by atoms with E-state index in [-0.39, 0.29) is 31.2 Å². The third kappa shape index (κ3) is 4.70. The number of nitrogens with zero attached hydrogens (tertiary/aromatic N) is 1. The zero-order chi connectivity index (χ0) is 18.4. The first kappa shape index (κ1) is 17.7. The standard InChI is InChI=1S/C20H20N2O4/c23-17(13-22-10-4-3-7-20(22)25)12-21-19(24)14-26-18-9-8-15-5-1-2-6-16(15)11-18/h1-11,17,23H,12-14H2,(H,21,24). The first-order valence-electron chi connectivity index (χ1n) is 8.33. The van der Waals surface area contributed by atoms with Crippen LogP contribution in [0.4, 0.5) is 0 Å². The second-order valence-corrected chi connectivity index (χ2v) is 5.95. The Labute approximate surface area is 150 Å². The van der Waals surface area contributed by atoms with Gasteiger partial charge in [-0.3, -0.25) is 9.59 Å². The molecule has 1 atom stereocenters. The fourth-order valence-electron chi connectivity index (χ4n) is 2.59. The molecule has 0 spiro atoms. The maximum Gasteiger partial charge on any atom is 0.258 e. The van der Waals surface area contributed by atoms with Crippen molar-refractivity contribution in [2.75, 3.05) is 13.2 Å². The second kappa shape index (κ2) is 8.31. The van der Waals surface area contributed by atoms with Crippen LogP contribution in [-0.2, 0) is 11.3 Å². The van der Waals surface area contributed by atoms with Gasteiger partial charge < -0.3 is 19.7 Å². The molecule has 2 N–H and O–H groups in total. The number of aromatic nitrogens is 1. The summed E-state index contributed by atoms with van der Waals surface area (Å²) in [5.74, 6) is 0.271. The van der Waals surface area contributed by atoms with Gasteiger partial charge >= 0.3 is 0 Å². The molecule has 3 aromatic rings. The van der Waals surface area contributed by atoms with Gasteiger partial charge in [0.05, 0.1) is 12.6 Å². The number of ether oxygens (including phenoxy) is 1. The summed E-state index contributed by atoms with van der Waals surface area (Å²) in [6, 6.07) is 18.3. The molecule has 1 unspecified atom stereocenters. The normalized spacial score (nSPS) is 11.9. The zero-order valence-electron chi connectivity index (χ0n) is 14.2. The van der Waals surface area contributed by atoms with Gasteiger partial charge in [-0.25, -0.2) is 0 Å². The Morgan fingerprint density at radius 2 is 1.85 bits per heavy atom. The van der Waals surface area contributed by atoms with Crippen LogP contribution in [0.5, 0.6) is 5.75 Å². The lowest BCUT2D eigenvalue weighted by atomic mass is 10.1. The van der Waals surface area contributed by atoms with E-state index in [2.05, 4.69) is 5.32 Å². The number of nitrogens with one attached hydrogen (secondary N) is 1. The van der Waals surface area contributed by atoms with Crippen molar-refractivity contribution in [3.05, 3.63) is 77.2 Å². The summed E-state index contributed by atoms with van der Waals surface area (Å²) in [5, 5.41) is 14.7. The molecule has 0 saturated heterocycles. The quantitative estimate of drug-likeness (QED) is 0.676. The van der Waals surface area contributed by atoms with Gasteiger partial charge in [0.25, 0.3) is 11.5 Å². The highest BCUT2D eigenvalue weighted by Crippen LogP contribution is 2.20. The molecule has 3 rings (SSSR count). The first-order chi connectivity index (χ1) is 12.6. The molecule has 0 bridgehead atoms. The molecule has 0 saturated carbocycles. The Bertz CT molecular complexity index is 951. The minimum absolute atomic E-state index is 0.0429. The van der Waals surface area contributed by atoms with E-state index in [4.69, 9.17) is 4.74 Å². The number of pyridine rings is 1. The van der Waals surface area contributed by atoms with E-state index in [1.54, 1.807) is 18.3 Å². The number of aliphatic hydroxyl groups excluding tert-OH is 1. The molecule has 2 aromatic carbocycles. The van der Waals surface area contributed by atoms with Gasteiger partial charge in [0, 0.05) is 18.8 Å². The lowest BCUT2D eigenvalue weighted by Crippen LogP contribution is -2.38. The number of aliphatic hydroxyl groups is 1. The molecule has 0 aliphatic heterocycles. The van der Waals surface area contributed by atoms with Crippen LogP contribution in [0.1, 0.15) is 0 Å². The first-order valence-corrected chi connectivity index (χ1v) is 8.33. The molecule has 1 amide bonds. The summed E-state index contributed by atoms with van der Waals surface area (Å²) >= 11 is 0. The van der Waals surface area contributed by atoms with E-state index in [0.29, 0.717) is 5.75 Å². The van der Waals surface area contributed by atoms with Gasteiger partial charge in [0.1, 0.15) is 5.75 Å². The Morgan fingerprint density at radius 3 is 2.65 bits per heavy atom. The maximum absolute atomic E-state index is 11.9. The molecule has 0 aliphatic rings. The number of rotatable bonds is 7. The summed E-state index contributed by atoms with van der Waals surface area (Å²) in [4.78, 5) is 23.5. The molecule has 134 valence electrons. The summed E-state index contributed by atoms with van der Waals surface area (Å²) in [6.45, 7) is 0.0169. The van der Waals surface area contributed by atoms with Crippen LogP contribution in [0, 0.1) is 0 Å². The van der Waals surface area contributed by atoms with Crippen molar-refractivity contribution in [3.63, 3.8) is 0 Å². The Hall–Kier alpha value is -3.12. The van der Waals surface area contributed by atoms with Crippen LogP contribution in [-0.4, -0.2) is 34.8 Å². The van der Waals surface area contributed by atoms with Crippen molar-refractivity contribution in [1.82, 2.24) is 9.88 Å². The summed E-state index contributed by atoms with van der Waals surface area (Å²) in [5.41, 5.74) is -0.197. The summed E-state index contributed by atoms with van der Waals surface area (Å²) in [7, 11) is 0. The second-order valence-electron chi connectivity index (χ2n) is 5.95. The Kier molecular flexibility index (Phi) is 5.66. The van der Waals surface area contributed by atoms with Crippen LogP contribution < -0.4 is 15.6 Å². The van der Waals surface area contributed by atoms with Crippen LogP contribution in [0.25, 0.3) is 10.8 Å². The lowest BCUT2D eigenvalue weighted by molar-refractivity contribution is -0.123. The highest BCUT2D eigenvalue weighted by molar-refractivity contribution is 5.84. The number of hydrogen-bond donors (Lipinski definition) is 2. The summed E-state index contributed by atoms with van der Waals surface area (Å²) < 4.78 is 6.89. The van der Waals surface area contributed by atoms with Crippen molar-refractivity contribution < 1.29 is 14.6 Å². The highest BCUT2D eigenvalue weighted by atomic mass is 16.5. The van der Waals surface area contributed by atoms with Gasteiger partial charge in [-0.1, -0.05) is 36.4 Å². The minimum atomic E-state index is -0.861. The third-order valence-corrected chi connectivity index (χ3v) is 3.93. The van der Waals surface area contributed by atoms with E-state index < -0.39 is 6.10 Å². The molecule has 1 heterocycles. The fourth-order valence-corrected chi connectivity index (χ4v) is 2.59.